The lowest BCUT2D eigenvalue weighted by atomic mass is 9.96. The molecule has 90 valence electrons. The van der Waals surface area contributed by atoms with Gasteiger partial charge in [-0.05, 0) is 12.8 Å². The third-order valence-corrected chi connectivity index (χ3v) is 2.76. The number of nitrogens with zero attached hydrogens (tertiary/aromatic N) is 1. The summed E-state index contributed by atoms with van der Waals surface area (Å²) in [6, 6.07) is 0. The Kier molecular flexibility index (Phi) is 4.28. The Hall–Kier alpha value is -1.59. The quantitative estimate of drug-likeness (QED) is 0.468. The van der Waals surface area contributed by atoms with Crippen LogP contribution >= 0.6 is 0 Å². The molecule has 6 heteroatoms. The Bertz CT molecular complexity index is 295. The zero-order chi connectivity index (χ0) is 12.1. The first-order chi connectivity index (χ1) is 7.60. The van der Waals surface area contributed by atoms with Gasteiger partial charge in [0.25, 0.3) is 0 Å². The number of amides is 2. The minimum atomic E-state index is -0.849. The first kappa shape index (κ1) is 12.5. The highest BCUT2D eigenvalue weighted by atomic mass is 16.5. The lowest BCUT2D eigenvalue weighted by molar-refractivity contribution is -0.159. The molecule has 0 saturated carbocycles. The molecule has 0 radical (unpaired) electrons. The van der Waals surface area contributed by atoms with Gasteiger partial charge in [-0.2, -0.15) is 0 Å². The number of ether oxygens (including phenoxy) is 1. The fraction of sp³-hybridized carbons (Fsp3) is 0.700. The topological polar surface area (TPSA) is 75.7 Å². The molecule has 6 nitrogen and oxygen atoms in total. The predicted molar refractivity (Wildman–Crippen MR) is 55.4 cm³/mol. The van der Waals surface area contributed by atoms with Gasteiger partial charge in [0.1, 0.15) is 0 Å². The van der Waals surface area contributed by atoms with E-state index in [1.54, 1.807) is 7.05 Å². The van der Waals surface area contributed by atoms with Crippen molar-refractivity contribution in [1.82, 2.24) is 10.2 Å². The third kappa shape index (κ3) is 2.71. The van der Waals surface area contributed by atoms with Gasteiger partial charge in [0, 0.05) is 26.1 Å². The van der Waals surface area contributed by atoms with Gasteiger partial charge in [0.15, 0.2) is 0 Å². The number of nitrogens with one attached hydrogen (secondary N) is 1. The van der Waals surface area contributed by atoms with Crippen LogP contribution in [0.25, 0.3) is 0 Å². The van der Waals surface area contributed by atoms with Gasteiger partial charge in [-0.3, -0.25) is 9.59 Å². The zero-order valence-electron chi connectivity index (χ0n) is 9.49. The average Bonchev–Trinajstić information content (AvgIpc) is 2.36. The second kappa shape index (κ2) is 5.48. The van der Waals surface area contributed by atoms with Crippen LogP contribution in [0.3, 0.4) is 0 Å². The molecule has 1 N–H and O–H groups in total. The van der Waals surface area contributed by atoms with Crippen LogP contribution < -0.4 is 5.32 Å². The molecular formula is C10H16N2O4. The van der Waals surface area contributed by atoms with E-state index in [2.05, 4.69) is 10.1 Å². The van der Waals surface area contributed by atoms with E-state index in [-0.39, 0.29) is 11.8 Å². The third-order valence-electron chi connectivity index (χ3n) is 2.76. The van der Waals surface area contributed by atoms with E-state index in [0.29, 0.717) is 25.9 Å². The highest BCUT2D eigenvalue weighted by molar-refractivity contribution is 6.32. The van der Waals surface area contributed by atoms with Crippen molar-refractivity contribution < 1.29 is 19.1 Å². The molecule has 1 heterocycles. The Labute approximate surface area is 93.9 Å². The van der Waals surface area contributed by atoms with Gasteiger partial charge in [0.2, 0.25) is 5.91 Å². The smallest absolute Gasteiger partial charge is 0.396 e. The number of hydrogen-bond acceptors (Lipinski definition) is 4. The van der Waals surface area contributed by atoms with E-state index >= 15 is 0 Å². The van der Waals surface area contributed by atoms with Crippen molar-refractivity contribution in [2.24, 2.45) is 5.92 Å². The summed E-state index contributed by atoms with van der Waals surface area (Å²) in [6.07, 6.45) is 1.17. The second-order valence-electron chi connectivity index (χ2n) is 3.67. The Balaban J connectivity index is 2.46. The van der Waals surface area contributed by atoms with Gasteiger partial charge in [0.05, 0.1) is 7.11 Å². The van der Waals surface area contributed by atoms with Gasteiger partial charge in [-0.25, -0.2) is 4.79 Å². The minimum absolute atomic E-state index is 0.00910. The number of carbonyl (C=O) groups is 3. The molecule has 0 unspecified atom stereocenters. The van der Waals surface area contributed by atoms with Crippen LogP contribution in [0.15, 0.2) is 0 Å². The highest BCUT2D eigenvalue weighted by Crippen LogP contribution is 2.17. The van der Waals surface area contributed by atoms with Crippen molar-refractivity contribution in [3.63, 3.8) is 0 Å². The molecule has 1 saturated heterocycles. The Morgan fingerprint density at radius 1 is 1.25 bits per heavy atom. The predicted octanol–water partition coefficient (Wildman–Crippen LogP) is -0.856. The van der Waals surface area contributed by atoms with Crippen LogP contribution in [0.1, 0.15) is 12.8 Å². The average molecular weight is 228 g/mol. The maximum Gasteiger partial charge on any atom is 0.396 e. The van der Waals surface area contributed by atoms with Crippen molar-refractivity contribution in [3.05, 3.63) is 0 Å². The van der Waals surface area contributed by atoms with Crippen LogP contribution in [0, 0.1) is 5.92 Å². The number of hydrogen-bond donors (Lipinski definition) is 1. The molecule has 2 amide bonds. The maximum atomic E-state index is 11.4. The lowest BCUT2D eigenvalue weighted by Crippen LogP contribution is -2.45. The summed E-state index contributed by atoms with van der Waals surface area (Å²) in [4.78, 5) is 35.2. The zero-order valence-corrected chi connectivity index (χ0v) is 9.49. The Morgan fingerprint density at radius 3 is 2.25 bits per heavy atom. The van der Waals surface area contributed by atoms with Gasteiger partial charge < -0.3 is 15.0 Å². The second-order valence-corrected chi connectivity index (χ2v) is 3.67. The number of piperidine rings is 1. The number of methoxy groups -OCH3 is 1. The van der Waals surface area contributed by atoms with Crippen molar-refractivity contribution in [2.45, 2.75) is 12.8 Å². The van der Waals surface area contributed by atoms with E-state index < -0.39 is 11.9 Å². The molecule has 1 fully saturated rings. The van der Waals surface area contributed by atoms with Crippen LogP contribution in [-0.2, 0) is 19.1 Å². The summed E-state index contributed by atoms with van der Waals surface area (Å²) >= 11 is 0. The number of likely N-dealkylation sites (tertiary alicyclic amines) is 1. The van der Waals surface area contributed by atoms with Crippen molar-refractivity contribution in [2.75, 3.05) is 27.2 Å². The molecule has 1 aliphatic rings. The van der Waals surface area contributed by atoms with Crippen molar-refractivity contribution >= 4 is 17.8 Å². The van der Waals surface area contributed by atoms with Gasteiger partial charge in [-0.1, -0.05) is 0 Å². The molecule has 0 aliphatic carbocycles. The molecule has 16 heavy (non-hydrogen) atoms. The SMILES string of the molecule is CNC(=O)C1CCN(C(=O)C(=O)OC)CC1. The maximum absolute atomic E-state index is 11.4. The standard InChI is InChI=1S/C10H16N2O4/c1-11-8(13)7-3-5-12(6-4-7)9(14)10(15)16-2/h7H,3-6H2,1-2H3,(H,11,13). The van der Waals surface area contributed by atoms with Crippen LogP contribution in [0.4, 0.5) is 0 Å². The number of rotatable bonds is 1. The highest BCUT2D eigenvalue weighted by Gasteiger charge is 2.29. The number of esters is 1. The normalized spacial score (nSPS) is 16.8. The van der Waals surface area contributed by atoms with Gasteiger partial charge >= 0.3 is 11.9 Å². The van der Waals surface area contributed by atoms with Crippen molar-refractivity contribution in [3.8, 4) is 0 Å². The van der Waals surface area contributed by atoms with Crippen LogP contribution in [-0.4, -0.2) is 49.9 Å². The molecule has 0 bridgehead atoms. The largest absolute Gasteiger partial charge is 0.462 e. The lowest BCUT2D eigenvalue weighted by Gasteiger charge is -2.30. The van der Waals surface area contributed by atoms with E-state index in [0.717, 1.165) is 0 Å². The molecule has 1 rings (SSSR count). The van der Waals surface area contributed by atoms with Crippen LogP contribution in [0.5, 0.6) is 0 Å². The molecule has 0 aromatic heterocycles. The molecule has 0 aromatic carbocycles. The van der Waals surface area contributed by atoms with E-state index in [4.69, 9.17) is 0 Å². The molecule has 1 aliphatic heterocycles. The first-order valence-electron chi connectivity index (χ1n) is 5.19. The first-order valence-corrected chi connectivity index (χ1v) is 5.19. The summed E-state index contributed by atoms with van der Waals surface area (Å²) in [6.45, 7) is 0.845. The molecule has 0 atom stereocenters. The summed E-state index contributed by atoms with van der Waals surface area (Å²) in [5, 5.41) is 2.58. The fourth-order valence-corrected chi connectivity index (χ4v) is 1.77. The molecular weight excluding hydrogens is 212 g/mol. The van der Waals surface area contributed by atoms with E-state index in [1.807, 2.05) is 0 Å². The summed E-state index contributed by atoms with van der Waals surface area (Å²) < 4.78 is 4.35. The summed E-state index contributed by atoms with van der Waals surface area (Å²) in [7, 11) is 2.77. The fourth-order valence-electron chi connectivity index (χ4n) is 1.77. The Morgan fingerprint density at radius 2 is 1.81 bits per heavy atom. The number of carbonyl (C=O) groups excluding carboxylic acids is 3. The monoisotopic (exact) mass is 228 g/mol. The minimum Gasteiger partial charge on any atom is -0.462 e. The summed E-state index contributed by atoms with van der Waals surface area (Å²) in [5.41, 5.74) is 0. The van der Waals surface area contributed by atoms with Crippen molar-refractivity contribution in [1.29, 1.82) is 0 Å². The van der Waals surface area contributed by atoms with E-state index in [1.165, 1.54) is 12.0 Å². The summed E-state index contributed by atoms with van der Waals surface area (Å²) in [5.74, 6) is -1.55. The van der Waals surface area contributed by atoms with Gasteiger partial charge in [-0.15, -0.1) is 0 Å². The van der Waals surface area contributed by atoms with E-state index in [9.17, 15) is 14.4 Å². The van der Waals surface area contributed by atoms with Crippen LogP contribution in [0.2, 0.25) is 0 Å². The molecule has 0 spiro atoms. The molecule has 0 aromatic rings.